The Morgan fingerprint density at radius 2 is 1.97 bits per heavy atom. The van der Waals surface area contributed by atoms with E-state index in [0.717, 1.165) is 17.8 Å². The Morgan fingerprint density at radius 3 is 2.58 bits per heavy atom. The number of aromatic carboxylic acids is 1. The molecular formula is C21H30BClN6O8S. The lowest BCUT2D eigenvalue weighted by molar-refractivity contribution is -0.117. The number of hydrogen-bond acceptors (Lipinski definition) is 12. The number of halogens is 1. The second-order valence-electron chi connectivity index (χ2n) is 7.86. The highest BCUT2D eigenvalue weighted by Gasteiger charge is 2.30. The molecule has 0 fully saturated rings. The van der Waals surface area contributed by atoms with Gasteiger partial charge in [0.25, 0.3) is 5.91 Å². The molecule has 2 atom stereocenters. The molecule has 0 aliphatic rings. The summed E-state index contributed by atoms with van der Waals surface area (Å²) >= 11 is 1.01. The average Bonchev–Trinajstić information content (AvgIpc) is 3.30. The van der Waals surface area contributed by atoms with Crippen LogP contribution in [-0.4, -0.2) is 81.5 Å². The van der Waals surface area contributed by atoms with Gasteiger partial charge < -0.3 is 47.2 Å². The van der Waals surface area contributed by atoms with E-state index < -0.39 is 42.6 Å². The molecule has 0 spiro atoms. The van der Waals surface area contributed by atoms with Gasteiger partial charge in [-0.1, -0.05) is 23.7 Å². The number of nitrogens with one attached hydrogen (secondary N) is 2. The molecule has 0 radical (unpaired) electrons. The molecule has 2 rings (SSSR count). The molecule has 1 heterocycles. The summed E-state index contributed by atoms with van der Waals surface area (Å²) in [4.78, 5) is 45.4. The van der Waals surface area contributed by atoms with E-state index in [1.54, 1.807) is 0 Å². The zero-order chi connectivity index (χ0) is 27.5. The number of para-hydroxylation sites is 1. The van der Waals surface area contributed by atoms with Crippen molar-refractivity contribution in [2.24, 2.45) is 16.6 Å². The normalized spacial score (nSPS) is 12.6. The van der Waals surface area contributed by atoms with Gasteiger partial charge in [-0.25, -0.2) is 9.78 Å². The summed E-state index contributed by atoms with van der Waals surface area (Å²) in [7, 11) is -0.886. The predicted octanol–water partition coefficient (Wildman–Crippen LogP) is -0.546. The van der Waals surface area contributed by atoms with Gasteiger partial charge in [-0.3, -0.25) is 9.59 Å². The van der Waals surface area contributed by atoms with Crippen molar-refractivity contribution in [3.8, 4) is 5.75 Å². The number of amides is 2. The number of hydrogen-bond donors (Lipinski definition) is 8. The SMILES string of the molecule is CO/N=C(\C(=O)N[C@@H](Cc1cccc(C(=O)O)c1O)B(O)O)c1csc(NC(=O)[C@@H](N)CCCCN)n1.Cl. The highest BCUT2D eigenvalue weighted by Crippen LogP contribution is 2.24. The molecule has 0 saturated heterocycles. The third kappa shape index (κ3) is 9.23. The number of thiazole rings is 1. The van der Waals surface area contributed by atoms with E-state index in [0.29, 0.717) is 19.4 Å². The molecule has 2 amide bonds. The van der Waals surface area contributed by atoms with Gasteiger partial charge in [0.1, 0.15) is 24.1 Å². The number of unbranched alkanes of at least 4 members (excludes halogenated alkanes) is 1. The van der Waals surface area contributed by atoms with E-state index in [1.165, 1.54) is 30.7 Å². The number of carbonyl (C=O) groups is 3. The molecule has 1 aromatic carbocycles. The topological polar surface area (TPSA) is 243 Å². The first-order valence-corrected chi connectivity index (χ1v) is 12.0. The summed E-state index contributed by atoms with van der Waals surface area (Å²) in [6.45, 7) is 0.498. The molecule has 0 bridgehead atoms. The first-order chi connectivity index (χ1) is 17.6. The summed E-state index contributed by atoms with van der Waals surface area (Å²) in [5.41, 5.74) is 10.7. The monoisotopic (exact) mass is 572 g/mol. The van der Waals surface area contributed by atoms with Crippen LogP contribution < -0.4 is 22.1 Å². The van der Waals surface area contributed by atoms with Crippen molar-refractivity contribution in [1.82, 2.24) is 10.3 Å². The molecule has 1 aromatic heterocycles. The Labute approximate surface area is 228 Å². The number of benzene rings is 1. The Bertz CT molecular complexity index is 1130. The molecule has 14 nitrogen and oxygen atoms in total. The maximum absolute atomic E-state index is 12.9. The number of anilines is 1. The fourth-order valence-corrected chi connectivity index (χ4v) is 3.90. The van der Waals surface area contributed by atoms with Crippen LogP contribution in [0.25, 0.3) is 0 Å². The number of nitrogens with zero attached hydrogens (tertiary/aromatic N) is 2. The quantitative estimate of drug-likeness (QED) is 0.0618. The largest absolute Gasteiger partial charge is 0.507 e. The van der Waals surface area contributed by atoms with Crippen molar-refractivity contribution in [1.29, 1.82) is 0 Å². The molecule has 2 aromatic rings. The van der Waals surface area contributed by atoms with E-state index in [4.69, 9.17) is 16.3 Å². The number of phenols is 1. The van der Waals surface area contributed by atoms with Gasteiger partial charge in [0.2, 0.25) is 5.91 Å². The summed E-state index contributed by atoms with van der Waals surface area (Å²) in [6.07, 6.45) is 1.55. The number of nitrogens with two attached hydrogens (primary N) is 2. The fraction of sp³-hybridized carbons (Fsp3) is 0.381. The van der Waals surface area contributed by atoms with Crippen molar-refractivity contribution < 1.29 is 39.5 Å². The first-order valence-electron chi connectivity index (χ1n) is 11.1. The first kappa shape index (κ1) is 32.8. The van der Waals surface area contributed by atoms with Crippen LogP contribution in [0, 0.1) is 0 Å². The van der Waals surface area contributed by atoms with E-state index in [1.807, 2.05) is 0 Å². The lowest BCUT2D eigenvalue weighted by Gasteiger charge is -2.19. The third-order valence-corrected chi connectivity index (χ3v) is 5.90. The minimum Gasteiger partial charge on any atom is -0.507 e. The van der Waals surface area contributed by atoms with Gasteiger partial charge in [0, 0.05) is 5.38 Å². The molecule has 208 valence electrons. The standard InChI is InChI=1S/C21H29BN6O8S.ClH/c1-36-28-16(14-10-37-21(25-14)27-18(30)13(24)7-2-3-8-23)19(31)26-15(22(34)35)9-11-5-4-6-12(17(11)29)20(32)33;/h4-6,10,13,15,29,34-35H,2-3,7-9,23-24H2,1H3,(H,26,31)(H,32,33)(H,25,27,30);1H/b28-16-;/t13-,15-;/m0./s1. The predicted molar refractivity (Wildman–Crippen MR) is 143 cm³/mol. The van der Waals surface area contributed by atoms with Crippen LogP contribution in [0.3, 0.4) is 0 Å². The van der Waals surface area contributed by atoms with E-state index >= 15 is 0 Å². The van der Waals surface area contributed by atoms with E-state index in [2.05, 4.69) is 20.8 Å². The molecule has 0 saturated carbocycles. The number of aromatic hydroxyl groups is 1. The van der Waals surface area contributed by atoms with E-state index in [9.17, 15) is 34.6 Å². The van der Waals surface area contributed by atoms with E-state index in [-0.39, 0.29) is 46.5 Å². The summed E-state index contributed by atoms with van der Waals surface area (Å²) in [5, 5.41) is 49.1. The Hall–Kier alpha value is -3.28. The van der Waals surface area contributed by atoms with Crippen molar-refractivity contribution in [3.63, 3.8) is 0 Å². The zero-order valence-electron chi connectivity index (χ0n) is 20.4. The maximum Gasteiger partial charge on any atom is 0.475 e. The van der Waals surface area contributed by atoms with Gasteiger partial charge in [-0.15, -0.1) is 23.7 Å². The lowest BCUT2D eigenvalue weighted by atomic mass is 9.75. The van der Waals surface area contributed by atoms with Crippen LogP contribution in [-0.2, 0) is 20.8 Å². The van der Waals surface area contributed by atoms with Gasteiger partial charge in [0.15, 0.2) is 10.8 Å². The van der Waals surface area contributed by atoms with Crippen LogP contribution >= 0.6 is 23.7 Å². The number of rotatable bonds is 14. The lowest BCUT2D eigenvalue weighted by Crippen LogP contribution is -2.50. The highest BCUT2D eigenvalue weighted by molar-refractivity contribution is 7.14. The summed E-state index contributed by atoms with van der Waals surface area (Å²) in [5.74, 6) is -4.67. The van der Waals surface area contributed by atoms with Gasteiger partial charge in [-0.05, 0) is 37.4 Å². The van der Waals surface area contributed by atoms with Crippen molar-refractivity contribution >= 4 is 59.5 Å². The van der Waals surface area contributed by atoms with Gasteiger partial charge in [-0.2, -0.15) is 0 Å². The Balaban J connectivity index is 0.00000722. The van der Waals surface area contributed by atoms with Crippen molar-refractivity contribution in [2.75, 3.05) is 19.0 Å². The van der Waals surface area contributed by atoms with Crippen LogP contribution in [0.5, 0.6) is 5.75 Å². The molecule has 0 aliphatic carbocycles. The maximum atomic E-state index is 12.9. The second kappa shape index (κ2) is 15.9. The minimum atomic E-state index is -2.08. The third-order valence-electron chi connectivity index (χ3n) is 5.15. The van der Waals surface area contributed by atoms with Crippen LogP contribution in [0.1, 0.15) is 40.9 Å². The van der Waals surface area contributed by atoms with Crippen LogP contribution in [0.2, 0.25) is 0 Å². The Kier molecular flexibility index (Phi) is 13.7. The molecule has 10 N–H and O–H groups in total. The number of oxime groups is 1. The zero-order valence-corrected chi connectivity index (χ0v) is 22.0. The van der Waals surface area contributed by atoms with Crippen molar-refractivity contribution in [3.05, 3.63) is 40.4 Å². The van der Waals surface area contributed by atoms with Crippen molar-refractivity contribution in [2.45, 2.75) is 37.7 Å². The highest BCUT2D eigenvalue weighted by atomic mass is 35.5. The number of carboxylic acid groups (broad SMARTS) is 1. The number of carbonyl (C=O) groups excluding carboxylic acids is 2. The fourth-order valence-electron chi connectivity index (χ4n) is 3.21. The minimum absolute atomic E-state index is 0. The number of aromatic nitrogens is 1. The molecular weight excluding hydrogens is 543 g/mol. The molecule has 38 heavy (non-hydrogen) atoms. The van der Waals surface area contributed by atoms with Crippen LogP contribution in [0.15, 0.2) is 28.7 Å². The second-order valence-corrected chi connectivity index (χ2v) is 8.71. The number of carboxylic acids is 1. The smallest absolute Gasteiger partial charge is 0.475 e. The Morgan fingerprint density at radius 1 is 1.26 bits per heavy atom. The molecule has 0 unspecified atom stereocenters. The average molecular weight is 573 g/mol. The molecule has 17 heteroatoms. The summed E-state index contributed by atoms with van der Waals surface area (Å²) in [6, 6.07) is 3.16. The van der Waals surface area contributed by atoms with Crippen LogP contribution in [0.4, 0.5) is 5.13 Å². The molecule has 0 aliphatic heterocycles. The summed E-state index contributed by atoms with van der Waals surface area (Å²) < 4.78 is 0. The van der Waals surface area contributed by atoms with Gasteiger partial charge >= 0.3 is 13.1 Å². The van der Waals surface area contributed by atoms with Gasteiger partial charge in [0.05, 0.1) is 12.0 Å².